The van der Waals surface area contributed by atoms with E-state index in [0.717, 1.165) is 31.6 Å². The van der Waals surface area contributed by atoms with Gasteiger partial charge in [0.15, 0.2) is 0 Å². The van der Waals surface area contributed by atoms with Gasteiger partial charge in [0, 0.05) is 5.92 Å². The van der Waals surface area contributed by atoms with Gasteiger partial charge in [-0.15, -0.1) is 0 Å². The summed E-state index contributed by atoms with van der Waals surface area (Å²) in [5.74, 6) is 0.903. The van der Waals surface area contributed by atoms with Crippen LogP contribution >= 0.6 is 11.6 Å². The molecule has 0 aromatic rings. The zero-order valence-corrected chi connectivity index (χ0v) is 9.53. The highest BCUT2D eigenvalue weighted by molar-refractivity contribution is 6.63. The number of halogens is 1. The molecule has 0 atom stereocenters. The van der Waals surface area contributed by atoms with Crippen molar-refractivity contribution in [2.75, 3.05) is 0 Å². The lowest BCUT2D eigenvalue weighted by atomic mass is 9.70. The number of hydrogen-bond donors (Lipinski definition) is 0. The molecule has 1 saturated carbocycles. The van der Waals surface area contributed by atoms with Crippen molar-refractivity contribution in [2.24, 2.45) is 17.3 Å². The van der Waals surface area contributed by atoms with Crippen LogP contribution in [0.4, 0.5) is 0 Å². The number of rotatable bonds is 1. The Balaban J connectivity index is 2.44. The van der Waals surface area contributed by atoms with E-state index in [9.17, 15) is 4.79 Å². The van der Waals surface area contributed by atoms with Crippen molar-refractivity contribution in [1.29, 1.82) is 0 Å². The molecule has 0 saturated heterocycles. The van der Waals surface area contributed by atoms with Gasteiger partial charge in [-0.2, -0.15) is 0 Å². The average Bonchev–Trinajstić information content (AvgIpc) is 2.03. The molecule has 0 aliphatic heterocycles. The van der Waals surface area contributed by atoms with Crippen LogP contribution in [-0.2, 0) is 4.79 Å². The van der Waals surface area contributed by atoms with Gasteiger partial charge >= 0.3 is 0 Å². The Morgan fingerprint density at radius 1 is 1.15 bits per heavy atom. The number of carbonyl (C=O) groups is 1. The molecular formula is C11H19ClO. The Morgan fingerprint density at radius 3 is 1.92 bits per heavy atom. The van der Waals surface area contributed by atoms with Crippen molar-refractivity contribution < 1.29 is 4.79 Å². The van der Waals surface area contributed by atoms with Gasteiger partial charge < -0.3 is 0 Å². The maximum Gasteiger partial charge on any atom is 0.224 e. The predicted molar refractivity (Wildman–Crippen MR) is 55.8 cm³/mol. The lowest BCUT2D eigenvalue weighted by molar-refractivity contribution is -0.116. The van der Waals surface area contributed by atoms with Crippen LogP contribution < -0.4 is 0 Å². The molecule has 0 aromatic carbocycles. The SMILES string of the molecule is CC(C)(C)C1CCC(C(=O)Cl)CC1. The van der Waals surface area contributed by atoms with Gasteiger partial charge in [-0.3, -0.25) is 4.79 Å². The minimum atomic E-state index is -0.132. The maximum absolute atomic E-state index is 10.9. The van der Waals surface area contributed by atoms with Crippen LogP contribution in [-0.4, -0.2) is 5.24 Å². The minimum Gasteiger partial charge on any atom is -0.281 e. The molecule has 0 spiro atoms. The predicted octanol–water partition coefficient (Wildman–Crippen LogP) is 3.60. The van der Waals surface area contributed by atoms with Gasteiger partial charge in [-0.25, -0.2) is 0 Å². The summed E-state index contributed by atoms with van der Waals surface area (Å²) in [5.41, 5.74) is 0.389. The van der Waals surface area contributed by atoms with Gasteiger partial charge in [0.05, 0.1) is 0 Å². The van der Waals surface area contributed by atoms with E-state index in [-0.39, 0.29) is 11.2 Å². The third-order valence-corrected chi connectivity index (χ3v) is 3.58. The highest BCUT2D eigenvalue weighted by Gasteiger charge is 2.31. The third-order valence-electron chi connectivity index (χ3n) is 3.27. The second-order valence-electron chi connectivity index (χ2n) is 5.22. The summed E-state index contributed by atoms with van der Waals surface area (Å²) in [6, 6.07) is 0. The molecule has 0 bridgehead atoms. The van der Waals surface area contributed by atoms with Crippen molar-refractivity contribution in [1.82, 2.24) is 0 Å². The Labute approximate surface area is 85.8 Å². The van der Waals surface area contributed by atoms with Gasteiger partial charge in [0.1, 0.15) is 0 Å². The van der Waals surface area contributed by atoms with E-state index in [1.807, 2.05) is 0 Å². The monoisotopic (exact) mass is 202 g/mol. The highest BCUT2D eigenvalue weighted by atomic mass is 35.5. The molecule has 0 aromatic heterocycles. The Morgan fingerprint density at radius 2 is 1.62 bits per heavy atom. The van der Waals surface area contributed by atoms with E-state index < -0.39 is 0 Å². The Bertz CT molecular complexity index is 185. The molecular weight excluding hydrogens is 184 g/mol. The van der Waals surface area contributed by atoms with Crippen molar-refractivity contribution in [3.8, 4) is 0 Å². The Kier molecular flexibility index (Phi) is 3.39. The first kappa shape index (κ1) is 11.0. The quantitative estimate of drug-likeness (QED) is 0.594. The fourth-order valence-electron chi connectivity index (χ4n) is 2.19. The van der Waals surface area contributed by atoms with Crippen molar-refractivity contribution in [3.63, 3.8) is 0 Å². The molecule has 0 radical (unpaired) electrons. The fraction of sp³-hybridized carbons (Fsp3) is 0.909. The first-order valence-corrected chi connectivity index (χ1v) is 5.48. The van der Waals surface area contributed by atoms with E-state index in [1.54, 1.807) is 0 Å². The van der Waals surface area contributed by atoms with Crippen LogP contribution in [0.1, 0.15) is 46.5 Å². The van der Waals surface area contributed by atoms with Crippen LogP contribution in [0.25, 0.3) is 0 Å². The van der Waals surface area contributed by atoms with Crippen molar-refractivity contribution >= 4 is 16.8 Å². The number of carbonyl (C=O) groups excluding carboxylic acids is 1. The molecule has 0 unspecified atom stereocenters. The zero-order chi connectivity index (χ0) is 10.1. The molecule has 2 heteroatoms. The van der Waals surface area contributed by atoms with Crippen LogP contribution in [0.3, 0.4) is 0 Å². The summed E-state index contributed by atoms with van der Waals surface area (Å²) in [6.45, 7) is 6.83. The van der Waals surface area contributed by atoms with Crippen LogP contribution in [0.2, 0.25) is 0 Å². The molecule has 0 N–H and O–H groups in total. The summed E-state index contributed by atoms with van der Waals surface area (Å²) in [7, 11) is 0. The zero-order valence-electron chi connectivity index (χ0n) is 8.77. The highest BCUT2D eigenvalue weighted by Crippen LogP contribution is 2.40. The maximum atomic E-state index is 10.9. The summed E-state index contributed by atoms with van der Waals surface area (Å²) in [5, 5.41) is -0.132. The van der Waals surface area contributed by atoms with Gasteiger partial charge in [0.2, 0.25) is 5.24 Å². The summed E-state index contributed by atoms with van der Waals surface area (Å²) < 4.78 is 0. The minimum absolute atomic E-state index is 0.132. The third kappa shape index (κ3) is 2.98. The second kappa shape index (κ2) is 4.00. The molecule has 1 nitrogen and oxygen atoms in total. The molecule has 0 amide bonds. The molecule has 1 fully saturated rings. The van der Waals surface area contributed by atoms with Gasteiger partial charge in [-0.1, -0.05) is 20.8 Å². The molecule has 1 aliphatic carbocycles. The Hall–Kier alpha value is -0.0400. The molecule has 13 heavy (non-hydrogen) atoms. The normalized spacial score (nSPS) is 30.2. The summed E-state index contributed by atoms with van der Waals surface area (Å²) in [6.07, 6.45) is 4.30. The van der Waals surface area contributed by atoms with Crippen LogP contribution in [0.5, 0.6) is 0 Å². The van der Waals surface area contributed by atoms with E-state index in [0.29, 0.717) is 5.41 Å². The van der Waals surface area contributed by atoms with Crippen molar-refractivity contribution in [3.05, 3.63) is 0 Å². The second-order valence-corrected chi connectivity index (χ2v) is 5.59. The van der Waals surface area contributed by atoms with E-state index in [2.05, 4.69) is 20.8 Å². The van der Waals surface area contributed by atoms with Crippen LogP contribution in [0.15, 0.2) is 0 Å². The lowest BCUT2D eigenvalue weighted by Crippen LogP contribution is -2.27. The first-order chi connectivity index (χ1) is 5.91. The number of hydrogen-bond acceptors (Lipinski definition) is 1. The van der Waals surface area contributed by atoms with Gasteiger partial charge in [-0.05, 0) is 48.6 Å². The fourth-order valence-corrected chi connectivity index (χ4v) is 2.40. The van der Waals surface area contributed by atoms with Gasteiger partial charge in [0.25, 0.3) is 0 Å². The topological polar surface area (TPSA) is 17.1 Å². The van der Waals surface area contributed by atoms with E-state index >= 15 is 0 Å². The summed E-state index contributed by atoms with van der Waals surface area (Å²) in [4.78, 5) is 10.9. The van der Waals surface area contributed by atoms with Crippen LogP contribution in [0, 0.1) is 17.3 Å². The molecule has 76 valence electrons. The standard InChI is InChI=1S/C11H19ClO/c1-11(2,3)9-6-4-8(5-7-9)10(12)13/h8-9H,4-7H2,1-3H3. The summed E-state index contributed by atoms with van der Waals surface area (Å²) >= 11 is 5.48. The average molecular weight is 203 g/mol. The first-order valence-electron chi connectivity index (χ1n) is 5.10. The largest absolute Gasteiger partial charge is 0.281 e. The molecule has 1 aliphatic rings. The lowest BCUT2D eigenvalue weighted by Gasteiger charge is -2.35. The molecule has 0 heterocycles. The van der Waals surface area contributed by atoms with Crippen molar-refractivity contribution in [2.45, 2.75) is 46.5 Å². The molecule has 1 rings (SSSR count). The van der Waals surface area contributed by atoms with E-state index in [4.69, 9.17) is 11.6 Å². The smallest absolute Gasteiger partial charge is 0.224 e. The van der Waals surface area contributed by atoms with E-state index in [1.165, 1.54) is 0 Å².